The van der Waals surface area contributed by atoms with Crippen LogP contribution in [0, 0.1) is 0 Å². The average molecular weight is 532 g/mol. The highest BCUT2D eigenvalue weighted by Crippen LogP contribution is 2.28. The minimum atomic E-state index is -0.351. The number of para-hydroxylation sites is 1. The molecule has 5 nitrogen and oxygen atoms in total. The van der Waals surface area contributed by atoms with E-state index in [4.69, 9.17) is 4.74 Å². The molecule has 0 atom stereocenters. The topological polar surface area (TPSA) is 58.6 Å². The van der Waals surface area contributed by atoms with Crippen molar-refractivity contribution >= 4 is 49.4 Å². The first kappa shape index (κ1) is 22.1. The average Bonchev–Trinajstić information content (AvgIpc) is 2.73. The van der Waals surface area contributed by atoms with Gasteiger partial charge in [-0.3, -0.25) is 9.59 Å². The van der Waals surface area contributed by atoms with E-state index < -0.39 is 0 Å². The van der Waals surface area contributed by atoms with Crippen molar-refractivity contribution in [1.82, 2.24) is 4.90 Å². The maximum absolute atomic E-state index is 12.9. The Hall–Kier alpha value is -2.64. The van der Waals surface area contributed by atoms with Gasteiger partial charge in [0.15, 0.2) is 6.61 Å². The minimum absolute atomic E-state index is 0.175. The second kappa shape index (κ2) is 10.4. The molecule has 3 rings (SSSR count). The van der Waals surface area contributed by atoms with Gasteiger partial charge in [-0.2, -0.15) is 0 Å². The number of benzene rings is 3. The summed E-state index contributed by atoms with van der Waals surface area (Å²) in [7, 11) is 1.74. The molecule has 30 heavy (non-hydrogen) atoms. The molecule has 0 saturated carbocycles. The molecule has 1 N–H and O–H groups in total. The van der Waals surface area contributed by atoms with E-state index in [1.165, 1.54) is 0 Å². The second-order valence-electron chi connectivity index (χ2n) is 6.60. The Labute approximate surface area is 192 Å². The molecule has 3 aromatic carbocycles. The Balaban J connectivity index is 1.65. The zero-order valence-corrected chi connectivity index (χ0v) is 19.4. The van der Waals surface area contributed by atoms with E-state index >= 15 is 0 Å². The zero-order chi connectivity index (χ0) is 21.5. The summed E-state index contributed by atoms with van der Waals surface area (Å²) in [6.07, 6.45) is 0. The standard InChI is InChI=1S/C23H20Br2N2O3/c1-27(14-16-7-3-2-4-8-16)23(29)18-9-5-6-10-20(18)26-22(28)15-30-21-12-11-17(24)13-19(21)25/h2-13H,14-15H2,1H3,(H,26,28). The van der Waals surface area contributed by atoms with Gasteiger partial charge in [0.1, 0.15) is 5.75 Å². The van der Waals surface area contributed by atoms with Crippen LogP contribution in [0.5, 0.6) is 5.75 Å². The Bertz CT molecular complexity index is 1040. The summed E-state index contributed by atoms with van der Waals surface area (Å²) in [6, 6.07) is 22.1. The van der Waals surface area contributed by atoms with Crippen molar-refractivity contribution in [2.24, 2.45) is 0 Å². The number of carbonyl (C=O) groups excluding carboxylic acids is 2. The van der Waals surface area contributed by atoms with Gasteiger partial charge in [-0.15, -0.1) is 0 Å². The lowest BCUT2D eigenvalue weighted by Crippen LogP contribution is -2.28. The molecule has 0 unspecified atom stereocenters. The number of hydrogen-bond donors (Lipinski definition) is 1. The first-order chi connectivity index (χ1) is 14.4. The third-order valence-electron chi connectivity index (χ3n) is 4.29. The Morgan fingerprint density at radius 1 is 0.967 bits per heavy atom. The summed E-state index contributed by atoms with van der Waals surface area (Å²) in [6.45, 7) is 0.297. The summed E-state index contributed by atoms with van der Waals surface area (Å²) in [5.41, 5.74) is 1.91. The minimum Gasteiger partial charge on any atom is -0.483 e. The fraction of sp³-hybridized carbons (Fsp3) is 0.130. The molecule has 0 saturated heterocycles. The lowest BCUT2D eigenvalue weighted by atomic mass is 10.1. The van der Waals surface area contributed by atoms with Crippen LogP contribution in [0.2, 0.25) is 0 Å². The van der Waals surface area contributed by atoms with Gasteiger partial charge >= 0.3 is 0 Å². The summed E-state index contributed by atoms with van der Waals surface area (Å²) < 4.78 is 7.22. The monoisotopic (exact) mass is 530 g/mol. The molecular formula is C23H20Br2N2O3. The van der Waals surface area contributed by atoms with Gasteiger partial charge in [0, 0.05) is 18.1 Å². The molecule has 0 aliphatic rings. The van der Waals surface area contributed by atoms with Crippen LogP contribution in [-0.4, -0.2) is 30.4 Å². The third-order valence-corrected chi connectivity index (χ3v) is 5.41. The number of nitrogens with one attached hydrogen (secondary N) is 1. The third kappa shape index (κ3) is 5.93. The first-order valence-corrected chi connectivity index (χ1v) is 10.8. The van der Waals surface area contributed by atoms with Gasteiger partial charge in [-0.25, -0.2) is 0 Å². The lowest BCUT2D eigenvalue weighted by Gasteiger charge is -2.19. The molecule has 0 heterocycles. The molecule has 0 radical (unpaired) electrons. The Morgan fingerprint density at radius 2 is 1.67 bits per heavy atom. The highest BCUT2D eigenvalue weighted by atomic mass is 79.9. The molecule has 0 aromatic heterocycles. The summed E-state index contributed by atoms with van der Waals surface area (Å²) in [5, 5.41) is 2.78. The van der Waals surface area contributed by atoms with Gasteiger partial charge < -0.3 is 15.0 Å². The molecular weight excluding hydrogens is 512 g/mol. The van der Waals surface area contributed by atoms with E-state index in [2.05, 4.69) is 37.2 Å². The van der Waals surface area contributed by atoms with Crippen LogP contribution in [-0.2, 0) is 11.3 Å². The van der Waals surface area contributed by atoms with Crippen LogP contribution in [0.3, 0.4) is 0 Å². The normalized spacial score (nSPS) is 10.4. The van der Waals surface area contributed by atoms with Crippen LogP contribution < -0.4 is 10.1 Å². The Morgan fingerprint density at radius 3 is 2.40 bits per heavy atom. The summed E-state index contributed by atoms with van der Waals surface area (Å²) in [5.74, 6) is 0.0300. The highest BCUT2D eigenvalue weighted by molar-refractivity contribution is 9.11. The smallest absolute Gasteiger partial charge is 0.262 e. The quantitative estimate of drug-likeness (QED) is 0.438. The molecule has 3 aromatic rings. The van der Waals surface area contributed by atoms with E-state index in [0.29, 0.717) is 23.5 Å². The number of nitrogens with zero attached hydrogens (tertiary/aromatic N) is 1. The first-order valence-electron chi connectivity index (χ1n) is 9.20. The van der Waals surface area contributed by atoms with Gasteiger partial charge in [0.05, 0.1) is 15.7 Å². The van der Waals surface area contributed by atoms with Crippen molar-refractivity contribution in [1.29, 1.82) is 0 Å². The van der Waals surface area contributed by atoms with Gasteiger partial charge in [0.25, 0.3) is 11.8 Å². The predicted molar refractivity (Wildman–Crippen MR) is 125 cm³/mol. The number of carbonyl (C=O) groups is 2. The summed E-state index contributed by atoms with van der Waals surface area (Å²) in [4.78, 5) is 27.0. The molecule has 0 aliphatic heterocycles. The SMILES string of the molecule is CN(Cc1ccccc1)C(=O)c1ccccc1NC(=O)COc1ccc(Br)cc1Br. The fourth-order valence-electron chi connectivity index (χ4n) is 2.84. The van der Waals surface area contributed by atoms with E-state index in [1.54, 1.807) is 42.3 Å². The molecule has 0 aliphatic carbocycles. The molecule has 2 amide bonds. The largest absolute Gasteiger partial charge is 0.483 e. The zero-order valence-electron chi connectivity index (χ0n) is 16.3. The number of ether oxygens (including phenoxy) is 1. The molecule has 0 bridgehead atoms. The number of hydrogen-bond acceptors (Lipinski definition) is 3. The highest BCUT2D eigenvalue weighted by Gasteiger charge is 2.17. The van der Waals surface area contributed by atoms with Gasteiger partial charge in [-0.05, 0) is 51.8 Å². The maximum Gasteiger partial charge on any atom is 0.262 e. The van der Waals surface area contributed by atoms with Crippen molar-refractivity contribution in [3.8, 4) is 5.75 Å². The van der Waals surface area contributed by atoms with Crippen LogP contribution in [0.15, 0.2) is 81.7 Å². The number of halogens is 2. The van der Waals surface area contributed by atoms with E-state index in [-0.39, 0.29) is 18.4 Å². The number of rotatable bonds is 7. The van der Waals surface area contributed by atoms with Crippen molar-refractivity contribution in [3.63, 3.8) is 0 Å². The van der Waals surface area contributed by atoms with Crippen LogP contribution in [0.25, 0.3) is 0 Å². The Kier molecular flexibility index (Phi) is 7.65. The summed E-state index contributed by atoms with van der Waals surface area (Å²) >= 11 is 6.77. The van der Waals surface area contributed by atoms with Crippen molar-refractivity contribution in [2.75, 3.05) is 19.0 Å². The van der Waals surface area contributed by atoms with Crippen LogP contribution in [0.4, 0.5) is 5.69 Å². The van der Waals surface area contributed by atoms with Crippen molar-refractivity contribution in [2.45, 2.75) is 6.54 Å². The second-order valence-corrected chi connectivity index (χ2v) is 8.37. The number of anilines is 1. The van der Waals surface area contributed by atoms with Gasteiger partial charge in [0.2, 0.25) is 0 Å². The van der Waals surface area contributed by atoms with E-state index in [9.17, 15) is 9.59 Å². The van der Waals surface area contributed by atoms with Crippen molar-refractivity contribution < 1.29 is 14.3 Å². The van der Waals surface area contributed by atoms with Gasteiger partial charge in [-0.1, -0.05) is 58.4 Å². The fourth-order valence-corrected chi connectivity index (χ4v) is 4.00. The molecule has 0 spiro atoms. The predicted octanol–water partition coefficient (Wildman–Crippen LogP) is 5.50. The molecule has 0 fully saturated rings. The maximum atomic E-state index is 12.9. The van der Waals surface area contributed by atoms with Crippen LogP contribution >= 0.6 is 31.9 Å². The number of amides is 2. The molecule has 7 heteroatoms. The van der Waals surface area contributed by atoms with Crippen molar-refractivity contribution in [3.05, 3.63) is 92.9 Å². The molecule has 154 valence electrons. The van der Waals surface area contributed by atoms with E-state index in [0.717, 1.165) is 14.5 Å². The van der Waals surface area contributed by atoms with Crippen LogP contribution in [0.1, 0.15) is 15.9 Å². The lowest BCUT2D eigenvalue weighted by molar-refractivity contribution is -0.118. The van der Waals surface area contributed by atoms with E-state index in [1.807, 2.05) is 42.5 Å².